The van der Waals surface area contributed by atoms with Crippen LogP contribution < -0.4 is 4.74 Å². The third kappa shape index (κ3) is 5.82. The standard InChI is InChI=1S/C22H28O5S2/c1-16(2)29(25,26)15-19-8-7-18-14-21(9-10-22(18)19)27-20-6-4-5-17(13-20)11-12-28(3,23)24/h4-6,9-10,13-14,16,19H,7-8,11-12,15H2,1-3H3. The molecule has 0 aromatic heterocycles. The van der Waals surface area contributed by atoms with Crippen LogP contribution >= 0.6 is 0 Å². The second kappa shape index (κ2) is 8.48. The summed E-state index contributed by atoms with van der Waals surface area (Å²) >= 11 is 0. The van der Waals surface area contributed by atoms with E-state index in [1.165, 1.54) is 6.26 Å². The van der Waals surface area contributed by atoms with Crippen LogP contribution in [0.3, 0.4) is 0 Å². The second-order valence-electron chi connectivity index (χ2n) is 8.10. The zero-order chi connectivity index (χ0) is 21.2. The Hall–Kier alpha value is -1.86. The Balaban J connectivity index is 1.72. The molecule has 0 radical (unpaired) electrons. The molecule has 5 nitrogen and oxygen atoms in total. The molecule has 0 aliphatic heterocycles. The lowest BCUT2D eigenvalue weighted by Crippen LogP contribution is -2.21. The average Bonchev–Trinajstić information content (AvgIpc) is 3.01. The van der Waals surface area contributed by atoms with E-state index in [0.717, 1.165) is 29.5 Å². The van der Waals surface area contributed by atoms with Crippen molar-refractivity contribution in [3.63, 3.8) is 0 Å². The highest BCUT2D eigenvalue weighted by Gasteiger charge is 2.29. The first kappa shape index (κ1) is 21.8. The number of ether oxygens (including phenoxy) is 1. The molecule has 158 valence electrons. The van der Waals surface area contributed by atoms with Gasteiger partial charge < -0.3 is 4.74 Å². The fourth-order valence-electron chi connectivity index (χ4n) is 3.60. The predicted molar refractivity (Wildman–Crippen MR) is 116 cm³/mol. The van der Waals surface area contributed by atoms with Crippen molar-refractivity contribution in [1.29, 1.82) is 0 Å². The summed E-state index contributed by atoms with van der Waals surface area (Å²) in [4.78, 5) is 0. The fourth-order valence-corrected chi connectivity index (χ4v) is 5.49. The van der Waals surface area contributed by atoms with Gasteiger partial charge in [-0.2, -0.15) is 0 Å². The molecule has 29 heavy (non-hydrogen) atoms. The quantitative estimate of drug-likeness (QED) is 0.627. The van der Waals surface area contributed by atoms with Gasteiger partial charge in [0, 0.05) is 6.26 Å². The minimum atomic E-state index is -3.08. The molecule has 2 aromatic rings. The molecular formula is C22H28O5S2. The minimum absolute atomic E-state index is 0.0470. The van der Waals surface area contributed by atoms with Crippen molar-refractivity contribution >= 4 is 19.7 Å². The van der Waals surface area contributed by atoms with E-state index in [2.05, 4.69) is 0 Å². The maximum absolute atomic E-state index is 12.3. The van der Waals surface area contributed by atoms with Crippen LogP contribution in [0.15, 0.2) is 42.5 Å². The lowest BCUT2D eigenvalue weighted by Gasteiger charge is -2.15. The number of hydrogen-bond acceptors (Lipinski definition) is 5. The SMILES string of the molecule is CC(C)S(=O)(=O)CC1CCc2cc(Oc3cccc(CCS(C)(=O)=O)c3)ccc21. The average molecular weight is 437 g/mol. The Morgan fingerprint density at radius 1 is 1.03 bits per heavy atom. The summed E-state index contributed by atoms with van der Waals surface area (Å²) in [5.74, 6) is 1.71. The zero-order valence-corrected chi connectivity index (χ0v) is 18.7. The van der Waals surface area contributed by atoms with Crippen LogP contribution in [0.25, 0.3) is 0 Å². The van der Waals surface area contributed by atoms with Gasteiger partial charge in [0.1, 0.15) is 21.3 Å². The Bertz CT molecular complexity index is 1090. The lowest BCUT2D eigenvalue weighted by atomic mass is 10.0. The Kier molecular flexibility index (Phi) is 6.39. The van der Waals surface area contributed by atoms with Crippen LogP contribution in [0.1, 0.15) is 42.9 Å². The lowest BCUT2D eigenvalue weighted by molar-refractivity contribution is 0.481. The number of sulfone groups is 2. The molecule has 0 spiro atoms. The first-order valence-electron chi connectivity index (χ1n) is 9.82. The van der Waals surface area contributed by atoms with E-state index in [1.54, 1.807) is 13.8 Å². The summed E-state index contributed by atoms with van der Waals surface area (Å²) in [5.41, 5.74) is 3.15. The van der Waals surface area contributed by atoms with Gasteiger partial charge in [0.15, 0.2) is 9.84 Å². The monoisotopic (exact) mass is 436 g/mol. The summed E-state index contributed by atoms with van der Waals surface area (Å²) in [6, 6.07) is 13.3. The van der Waals surface area contributed by atoms with Crippen molar-refractivity contribution in [3.8, 4) is 11.5 Å². The van der Waals surface area contributed by atoms with Gasteiger partial charge in [-0.3, -0.25) is 0 Å². The van der Waals surface area contributed by atoms with Crippen LogP contribution in [-0.2, 0) is 32.5 Å². The van der Waals surface area contributed by atoms with Crippen molar-refractivity contribution in [2.75, 3.05) is 17.8 Å². The molecule has 1 aliphatic carbocycles. The van der Waals surface area contributed by atoms with Crippen LogP contribution in [0, 0.1) is 0 Å². The number of hydrogen-bond donors (Lipinski definition) is 0. The first-order chi connectivity index (χ1) is 13.5. The molecule has 0 bridgehead atoms. The van der Waals surface area contributed by atoms with Gasteiger partial charge >= 0.3 is 0 Å². The maximum Gasteiger partial charge on any atom is 0.153 e. The third-order valence-corrected chi connectivity index (χ3v) is 8.61. The van der Waals surface area contributed by atoms with E-state index in [9.17, 15) is 16.8 Å². The van der Waals surface area contributed by atoms with Crippen LogP contribution in [-0.4, -0.2) is 39.8 Å². The van der Waals surface area contributed by atoms with Crippen molar-refractivity contribution in [1.82, 2.24) is 0 Å². The summed E-state index contributed by atoms with van der Waals surface area (Å²) in [6.07, 6.45) is 3.37. The first-order valence-corrected chi connectivity index (χ1v) is 13.6. The second-order valence-corrected chi connectivity index (χ2v) is 13.0. The van der Waals surface area contributed by atoms with Crippen LogP contribution in [0.5, 0.6) is 11.5 Å². The highest BCUT2D eigenvalue weighted by Crippen LogP contribution is 2.37. The highest BCUT2D eigenvalue weighted by molar-refractivity contribution is 7.92. The molecule has 0 N–H and O–H groups in total. The van der Waals surface area contributed by atoms with Gasteiger partial charge in [0.2, 0.25) is 0 Å². The van der Waals surface area contributed by atoms with E-state index in [1.807, 2.05) is 42.5 Å². The smallest absolute Gasteiger partial charge is 0.153 e. The molecule has 7 heteroatoms. The third-order valence-electron chi connectivity index (χ3n) is 5.36. The molecule has 1 unspecified atom stereocenters. The summed E-state index contributed by atoms with van der Waals surface area (Å²) < 4.78 is 53.3. The predicted octanol–water partition coefficient (Wildman–Crippen LogP) is 3.92. The molecule has 1 aliphatic rings. The molecule has 1 atom stereocenters. The molecule has 0 heterocycles. The molecule has 0 fully saturated rings. The summed E-state index contributed by atoms with van der Waals surface area (Å²) in [5, 5.41) is -0.357. The van der Waals surface area contributed by atoms with Gasteiger partial charge in [-0.15, -0.1) is 0 Å². The topological polar surface area (TPSA) is 77.5 Å². The Morgan fingerprint density at radius 3 is 2.45 bits per heavy atom. The molecule has 0 saturated heterocycles. The van der Waals surface area contributed by atoms with E-state index in [-0.39, 0.29) is 22.7 Å². The van der Waals surface area contributed by atoms with E-state index in [0.29, 0.717) is 17.9 Å². The zero-order valence-electron chi connectivity index (χ0n) is 17.1. The Labute approximate surface area is 173 Å². The fraction of sp³-hybridized carbons (Fsp3) is 0.455. The van der Waals surface area contributed by atoms with Gasteiger partial charge in [0.05, 0.1) is 16.8 Å². The molecular weight excluding hydrogens is 408 g/mol. The normalized spacial score (nSPS) is 16.8. The number of rotatable bonds is 8. The number of fused-ring (bicyclic) bond motifs is 1. The van der Waals surface area contributed by atoms with E-state index < -0.39 is 19.7 Å². The van der Waals surface area contributed by atoms with Crippen molar-refractivity contribution in [2.24, 2.45) is 0 Å². The number of aryl methyl sites for hydroxylation is 2. The largest absolute Gasteiger partial charge is 0.457 e. The maximum atomic E-state index is 12.3. The van der Waals surface area contributed by atoms with Gasteiger partial charge in [-0.05, 0) is 80.0 Å². The van der Waals surface area contributed by atoms with E-state index in [4.69, 9.17) is 4.74 Å². The molecule has 2 aromatic carbocycles. The van der Waals surface area contributed by atoms with Gasteiger partial charge in [-0.1, -0.05) is 18.2 Å². The van der Waals surface area contributed by atoms with Crippen molar-refractivity contribution < 1.29 is 21.6 Å². The van der Waals surface area contributed by atoms with Crippen LogP contribution in [0.4, 0.5) is 0 Å². The van der Waals surface area contributed by atoms with E-state index >= 15 is 0 Å². The molecule has 0 amide bonds. The number of benzene rings is 2. The highest BCUT2D eigenvalue weighted by atomic mass is 32.2. The van der Waals surface area contributed by atoms with Crippen molar-refractivity contribution in [3.05, 3.63) is 59.2 Å². The summed E-state index contributed by atoms with van der Waals surface area (Å²) in [7, 11) is -6.09. The molecule has 0 saturated carbocycles. The minimum Gasteiger partial charge on any atom is -0.457 e. The van der Waals surface area contributed by atoms with Gasteiger partial charge in [0.25, 0.3) is 0 Å². The molecule has 3 rings (SSSR count). The Morgan fingerprint density at radius 2 is 1.76 bits per heavy atom. The van der Waals surface area contributed by atoms with Crippen molar-refractivity contribution in [2.45, 2.75) is 44.3 Å². The summed E-state index contributed by atoms with van der Waals surface area (Å²) in [6.45, 7) is 3.46. The van der Waals surface area contributed by atoms with Gasteiger partial charge in [-0.25, -0.2) is 16.8 Å². The van der Waals surface area contributed by atoms with Crippen LogP contribution in [0.2, 0.25) is 0 Å².